The van der Waals surface area contributed by atoms with Crippen molar-refractivity contribution >= 4 is 17.2 Å². The zero-order chi connectivity index (χ0) is 13.9. The van der Waals surface area contributed by atoms with E-state index in [0.717, 1.165) is 10.7 Å². The van der Waals surface area contributed by atoms with Gasteiger partial charge in [-0.15, -0.1) is 11.3 Å². The highest BCUT2D eigenvalue weighted by molar-refractivity contribution is 7.09. The van der Waals surface area contributed by atoms with Gasteiger partial charge in [0.15, 0.2) is 0 Å². The number of benzene rings is 1. The number of aromatic nitrogens is 1. The first kappa shape index (κ1) is 13.3. The second-order valence-corrected chi connectivity index (χ2v) is 6.39. The van der Waals surface area contributed by atoms with Gasteiger partial charge in [-0.1, -0.05) is 30.3 Å². The lowest BCUT2D eigenvalue weighted by Gasteiger charge is -2.18. The Morgan fingerprint density at radius 3 is 2.75 bits per heavy atom. The molecule has 0 bridgehead atoms. The van der Waals surface area contributed by atoms with E-state index >= 15 is 0 Å². The third-order valence-electron chi connectivity index (χ3n) is 3.58. The lowest BCUT2D eigenvalue weighted by Crippen LogP contribution is -2.31. The molecule has 1 amide bonds. The van der Waals surface area contributed by atoms with Crippen molar-refractivity contribution in [1.82, 2.24) is 10.3 Å². The summed E-state index contributed by atoms with van der Waals surface area (Å²) >= 11 is 1.59. The third-order valence-corrected chi connectivity index (χ3v) is 4.40. The summed E-state index contributed by atoms with van der Waals surface area (Å²) in [6.45, 7) is 1.96. The summed E-state index contributed by atoms with van der Waals surface area (Å²) in [5.41, 5.74) is 2.07. The number of nitrogens with zero attached hydrogens (tertiary/aromatic N) is 1. The van der Waals surface area contributed by atoms with E-state index in [4.69, 9.17) is 0 Å². The van der Waals surface area contributed by atoms with Crippen molar-refractivity contribution in [2.45, 2.75) is 32.2 Å². The molecule has 1 aliphatic carbocycles. The van der Waals surface area contributed by atoms with Crippen molar-refractivity contribution in [3.63, 3.8) is 0 Å². The molecule has 1 aromatic carbocycles. The van der Waals surface area contributed by atoms with Gasteiger partial charge in [0.25, 0.3) is 0 Å². The summed E-state index contributed by atoms with van der Waals surface area (Å²) in [7, 11) is 0. The lowest BCUT2D eigenvalue weighted by molar-refractivity contribution is -0.121. The van der Waals surface area contributed by atoms with E-state index in [2.05, 4.69) is 22.4 Å². The molecule has 1 fully saturated rings. The molecular formula is C16H18N2OS. The Morgan fingerprint density at radius 2 is 2.15 bits per heavy atom. The van der Waals surface area contributed by atoms with E-state index in [-0.39, 0.29) is 11.9 Å². The first-order valence-electron chi connectivity index (χ1n) is 6.97. The summed E-state index contributed by atoms with van der Waals surface area (Å²) in [5, 5.41) is 6.15. The normalized spacial score (nSPS) is 15.8. The van der Waals surface area contributed by atoms with Crippen LogP contribution in [0.15, 0.2) is 35.7 Å². The van der Waals surface area contributed by atoms with Crippen LogP contribution in [-0.4, -0.2) is 10.9 Å². The number of rotatable bonds is 5. The number of carbonyl (C=O) groups excluding carboxylic acids is 1. The van der Waals surface area contributed by atoms with Crippen LogP contribution in [0.4, 0.5) is 0 Å². The average Bonchev–Trinajstić information content (AvgIpc) is 3.21. The Labute approximate surface area is 123 Å². The van der Waals surface area contributed by atoms with E-state index in [1.54, 1.807) is 11.3 Å². The van der Waals surface area contributed by atoms with Crippen LogP contribution in [0.1, 0.15) is 35.1 Å². The molecule has 4 heteroatoms. The summed E-state index contributed by atoms with van der Waals surface area (Å²) < 4.78 is 0. The Morgan fingerprint density at radius 1 is 1.40 bits per heavy atom. The number of aryl methyl sites for hydroxylation is 1. The fourth-order valence-corrected chi connectivity index (χ4v) is 3.05. The van der Waals surface area contributed by atoms with E-state index in [1.165, 1.54) is 18.4 Å². The molecule has 1 aromatic heterocycles. The van der Waals surface area contributed by atoms with E-state index in [0.29, 0.717) is 12.3 Å². The van der Waals surface area contributed by atoms with Gasteiger partial charge < -0.3 is 5.32 Å². The molecule has 104 valence electrons. The van der Waals surface area contributed by atoms with Crippen LogP contribution in [-0.2, 0) is 11.2 Å². The quantitative estimate of drug-likeness (QED) is 0.916. The fraction of sp³-hybridized carbons (Fsp3) is 0.375. The largest absolute Gasteiger partial charge is 0.349 e. The molecule has 1 atom stereocenters. The van der Waals surface area contributed by atoms with E-state index in [1.807, 2.05) is 30.5 Å². The minimum atomic E-state index is 0.0658. The van der Waals surface area contributed by atoms with Gasteiger partial charge in [-0.25, -0.2) is 4.98 Å². The molecule has 0 aliphatic heterocycles. The molecule has 1 saturated carbocycles. The number of hydrogen-bond donors (Lipinski definition) is 1. The maximum absolute atomic E-state index is 12.2. The van der Waals surface area contributed by atoms with Crippen LogP contribution in [0.3, 0.4) is 0 Å². The van der Waals surface area contributed by atoms with Crippen LogP contribution in [0.25, 0.3) is 0 Å². The summed E-state index contributed by atoms with van der Waals surface area (Å²) in [6, 6.07) is 10.4. The maximum Gasteiger partial charge on any atom is 0.226 e. The monoisotopic (exact) mass is 286 g/mol. The number of nitrogens with one attached hydrogen (secondary N) is 1. The second-order valence-electron chi connectivity index (χ2n) is 5.33. The fourth-order valence-electron chi connectivity index (χ4n) is 2.44. The number of carbonyl (C=O) groups is 1. The predicted molar refractivity (Wildman–Crippen MR) is 80.6 cm³/mol. The number of amides is 1. The van der Waals surface area contributed by atoms with Gasteiger partial charge in [0.2, 0.25) is 5.91 Å². The third kappa shape index (κ3) is 3.25. The minimum absolute atomic E-state index is 0.0658. The van der Waals surface area contributed by atoms with Crippen molar-refractivity contribution < 1.29 is 4.79 Å². The van der Waals surface area contributed by atoms with Crippen molar-refractivity contribution in [2.24, 2.45) is 5.92 Å². The summed E-state index contributed by atoms with van der Waals surface area (Å²) in [4.78, 5) is 16.5. The molecular weight excluding hydrogens is 268 g/mol. The highest BCUT2D eigenvalue weighted by atomic mass is 32.1. The van der Waals surface area contributed by atoms with E-state index < -0.39 is 0 Å². The van der Waals surface area contributed by atoms with Crippen molar-refractivity contribution in [3.05, 3.63) is 52.0 Å². The van der Waals surface area contributed by atoms with Crippen LogP contribution in [0.5, 0.6) is 0 Å². The molecule has 2 aromatic rings. The number of thiazole rings is 1. The lowest BCUT2D eigenvalue weighted by atomic mass is 10.0. The molecule has 0 saturated heterocycles. The van der Waals surface area contributed by atoms with Gasteiger partial charge in [-0.2, -0.15) is 0 Å². The van der Waals surface area contributed by atoms with Gasteiger partial charge in [0.05, 0.1) is 23.2 Å². The zero-order valence-corrected chi connectivity index (χ0v) is 12.3. The molecule has 1 unspecified atom stereocenters. The Balaban J connectivity index is 1.66. The first-order valence-corrected chi connectivity index (χ1v) is 7.85. The van der Waals surface area contributed by atoms with Crippen molar-refractivity contribution in [2.75, 3.05) is 0 Å². The van der Waals surface area contributed by atoms with Crippen LogP contribution in [0, 0.1) is 12.8 Å². The standard InChI is InChI=1S/C16H18N2OS/c1-11-17-14(10-20-11)9-15(19)18-16(13-7-8-13)12-5-3-2-4-6-12/h2-6,10,13,16H,7-9H2,1H3,(H,18,19). The zero-order valence-electron chi connectivity index (χ0n) is 11.5. The SMILES string of the molecule is Cc1nc(CC(=O)NC(c2ccccc2)C2CC2)cs1. The Kier molecular flexibility index (Phi) is 3.83. The van der Waals surface area contributed by atoms with Crippen LogP contribution in [0.2, 0.25) is 0 Å². The molecule has 0 radical (unpaired) electrons. The molecule has 0 spiro atoms. The van der Waals surface area contributed by atoms with Crippen LogP contribution >= 0.6 is 11.3 Å². The number of hydrogen-bond acceptors (Lipinski definition) is 3. The van der Waals surface area contributed by atoms with Crippen molar-refractivity contribution in [3.8, 4) is 0 Å². The predicted octanol–water partition coefficient (Wildman–Crippen LogP) is 3.26. The highest BCUT2D eigenvalue weighted by Gasteiger charge is 2.33. The van der Waals surface area contributed by atoms with E-state index in [9.17, 15) is 4.79 Å². The molecule has 1 heterocycles. The Bertz CT molecular complexity index is 590. The first-order chi connectivity index (χ1) is 9.72. The van der Waals surface area contributed by atoms with Gasteiger partial charge >= 0.3 is 0 Å². The Hall–Kier alpha value is -1.68. The summed E-state index contributed by atoms with van der Waals surface area (Å²) in [6.07, 6.45) is 2.78. The van der Waals surface area contributed by atoms with Gasteiger partial charge in [-0.3, -0.25) is 4.79 Å². The molecule has 1 aliphatic rings. The smallest absolute Gasteiger partial charge is 0.226 e. The molecule has 3 nitrogen and oxygen atoms in total. The van der Waals surface area contributed by atoms with Gasteiger partial charge in [-0.05, 0) is 31.2 Å². The molecule has 3 rings (SSSR count). The van der Waals surface area contributed by atoms with Gasteiger partial charge in [0, 0.05) is 5.38 Å². The summed E-state index contributed by atoms with van der Waals surface area (Å²) in [5.74, 6) is 0.662. The molecule has 20 heavy (non-hydrogen) atoms. The topological polar surface area (TPSA) is 42.0 Å². The van der Waals surface area contributed by atoms with Crippen molar-refractivity contribution in [1.29, 1.82) is 0 Å². The second kappa shape index (κ2) is 5.75. The molecule has 1 N–H and O–H groups in total. The minimum Gasteiger partial charge on any atom is -0.349 e. The van der Waals surface area contributed by atoms with Gasteiger partial charge in [0.1, 0.15) is 0 Å². The maximum atomic E-state index is 12.2. The van der Waals surface area contributed by atoms with Crippen LogP contribution < -0.4 is 5.32 Å². The average molecular weight is 286 g/mol. The highest BCUT2D eigenvalue weighted by Crippen LogP contribution is 2.40.